The Morgan fingerprint density at radius 1 is 1.19 bits per heavy atom. The molecule has 2 N–H and O–H groups in total. The third-order valence-corrected chi connectivity index (χ3v) is 3.54. The van der Waals surface area contributed by atoms with Crippen LogP contribution in [0.3, 0.4) is 0 Å². The monoisotopic (exact) mass is 286 g/mol. The number of benzene rings is 2. The zero-order valence-corrected chi connectivity index (χ0v) is 12.0. The van der Waals surface area contributed by atoms with Crippen molar-refractivity contribution in [1.82, 2.24) is 0 Å². The SMILES string of the molecule is Cc1cccc(OC(=O)O)c1CC(C)c1ccccc1O. The van der Waals surface area contributed by atoms with Crippen molar-refractivity contribution in [2.24, 2.45) is 0 Å². The molecule has 1 atom stereocenters. The van der Waals surface area contributed by atoms with Gasteiger partial charge in [0.15, 0.2) is 0 Å². The molecule has 0 saturated carbocycles. The maximum atomic E-state index is 10.8. The molecule has 0 aliphatic heterocycles. The Balaban J connectivity index is 2.31. The maximum Gasteiger partial charge on any atom is 0.511 e. The van der Waals surface area contributed by atoms with Crippen molar-refractivity contribution in [3.8, 4) is 11.5 Å². The Kier molecular flexibility index (Phi) is 4.48. The summed E-state index contributed by atoms with van der Waals surface area (Å²) in [6.45, 7) is 3.91. The van der Waals surface area contributed by atoms with Gasteiger partial charge in [0.25, 0.3) is 0 Å². The fourth-order valence-electron chi connectivity index (χ4n) is 2.45. The molecule has 2 aromatic rings. The third-order valence-electron chi connectivity index (χ3n) is 3.54. The Hall–Kier alpha value is -2.49. The Morgan fingerprint density at radius 2 is 1.90 bits per heavy atom. The molecule has 0 radical (unpaired) electrons. The van der Waals surface area contributed by atoms with E-state index in [1.54, 1.807) is 24.3 Å². The summed E-state index contributed by atoms with van der Waals surface area (Å²) >= 11 is 0. The molecule has 0 heterocycles. The van der Waals surface area contributed by atoms with Crippen LogP contribution < -0.4 is 4.74 Å². The average molecular weight is 286 g/mol. The quantitative estimate of drug-likeness (QED) is 0.656. The number of hydrogen-bond donors (Lipinski definition) is 2. The van der Waals surface area contributed by atoms with Gasteiger partial charge in [-0.1, -0.05) is 37.3 Å². The fourth-order valence-corrected chi connectivity index (χ4v) is 2.45. The molecule has 0 fully saturated rings. The van der Waals surface area contributed by atoms with Crippen LogP contribution in [-0.4, -0.2) is 16.4 Å². The summed E-state index contributed by atoms with van der Waals surface area (Å²) in [5.74, 6) is 0.646. The molecular weight excluding hydrogens is 268 g/mol. The molecule has 1 unspecified atom stereocenters. The number of carboxylic acid groups (broad SMARTS) is 1. The number of ether oxygens (including phenoxy) is 1. The van der Waals surface area contributed by atoms with Crippen molar-refractivity contribution in [2.75, 3.05) is 0 Å². The predicted molar refractivity (Wildman–Crippen MR) is 80.1 cm³/mol. The van der Waals surface area contributed by atoms with Gasteiger partial charge >= 0.3 is 6.16 Å². The van der Waals surface area contributed by atoms with Crippen LogP contribution in [0, 0.1) is 6.92 Å². The number of carbonyl (C=O) groups is 1. The average Bonchev–Trinajstić information content (AvgIpc) is 2.42. The lowest BCUT2D eigenvalue weighted by molar-refractivity contribution is 0.144. The fraction of sp³-hybridized carbons (Fsp3) is 0.235. The molecule has 4 heteroatoms. The second kappa shape index (κ2) is 6.31. The molecule has 21 heavy (non-hydrogen) atoms. The second-order valence-corrected chi connectivity index (χ2v) is 5.08. The highest BCUT2D eigenvalue weighted by Crippen LogP contribution is 2.32. The van der Waals surface area contributed by atoms with Gasteiger partial charge in [0.1, 0.15) is 11.5 Å². The lowest BCUT2D eigenvalue weighted by Crippen LogP contribution is -2.08. The van der Waals surface area contributed by atoms with E-state index in [4.69, 9.17) is 9.84 Å². The number of rotatable bonds is 4. The zero-order chi connectivity index (χ0) is 15.4. The summed E-state index contributed by atoms with van der Waals surface area (Å²) in [4.78, 5) is 10.8. The van der Waals surface area contributed by atoms with E-state index in [9.17, 15) is 9.90 Å². The minimum absolute atomic E-state index is 0.0449. The first kappa shape index (κ1) is 14.9. The van der Waals surface area contributed by atoms with Crippen molar-refractivity contribution in [2.45, 2.75) is 26.2 Å². The minimum atomic E-state index is -1.32. The number of para-hydroxylation sites is 1. The summed E-state index contributed by atoms with van der Waals surface area (Å²) in [6.07, 6.45) is -0.732. The van der Waals surface area contributed by atoms with Crippen molar-refractivity contribution < 1.29 is 19.7 Å². The van der Waals surface area contributed by atoms with Crippen LogP contribution in [0.1, 0.15) is 29.5 Å². The second-order valence-electron chi connectivity index (χ2n) is 5.08. The van der Waals surface area contributed by atoms with Crippen LogP contribution in [0.4, 0.5) is 4.79 Å². The van der Waals surface area contributed by atoms with Gasteiger partial charge in [-0.2, -0.15) is 0 Å². The summed E-state index contributed by atoms with van der Waals surface area (Å²) in [5.41, 5.74) is 2.65. The number of aromatic hydroxyl groups is 1. The predicted octanol–water partition coefficient (Wildman–Crippen LogP) is 4.10. The largest absolute Gasteiger partial charge is 0.511 e. The van der Waals surface area contributed by atoms with E-state index in [2.05, 4.69) is 0 Å². The van der Waals surface area contributed by atoms with Gasteiger partial charge in [0.05, 0.1) is 0 Å². The molecule has 0 amide bonds. The Morgan fingerprint density at radius 3 is 2.57 bits per heavy atom. The molecule has 0 aliphatic carbocycles. The topological polar surface area (TPSA) is 66.8 Å². The molecule has 0 aliphatic rings. The first-order chi connectivity index (χ1) is 9.99. The highest BCUT2D eigenvalue weighted by molar-refractivity contribution is 5.62. The van der Waals surface area contributed by atoms with Crippen molar-refractivity contribution in [1.29, 1.82) is 0 Å². The van der Waals surface area contributed by atoms with Crippen LogP contribution >= 0.6 is 0 Å². The van der Waals surface area contributed by atoms with Gasteiger partial charge in [0.2, 0.25) is 0 Å². The van der Waals surface area contributed by atoms with Crippen molar-refractivity contribution in [3.05, 3.63) is 59.2 Å². The zero-order valence-electron chi connectivity index (χ0n) is 12.0. The summed E-state index contributed by atoms with van der Waals surface area (Å²) in [7, 11) is 0. The highest BCUT2D eigenvalue weighted by Gasteiger charge is 2.16. The third kappa shape index (κ3) is 3.54. The van der Waals surface area contributed by atoms with E-state index >= 15 is 0 Å². The van der Waals surface area contributed by atoms with Crippen molar-refractivity contribution >= 4 is 6.16 Å². The maximum absolute atomic E-state index is 10.8. The summed E-state index contributed by atoms with van der Waals surface area (Å²) in [5, 5.41) is 18.7. The van der Waals surface area contributed by atoms with Gasteiger partial charge in [-0.15, -0.1) is 0 Å². The summed E-state index contributed by atoms with van der Waals surface area (Å²) in [6, 6.07) is 12.5. The smallest absolute Gasteiger partial charge is 0.508 e. The normalized spacial score (nSPS) is 11.9. The lowest BCUT2D eigenvalue weighted by Gasteiger charge is -2.17. The van der Waals surface area contributed by atoms with Gasteiger partial charge in [-0.3, -0.25) is 0 Å². The van der Waals surface area contributed by atoms with Crippen LogP contribution in [-0.2, 0) is 6.42 Å². The van der Waals surface area contributed by atoms with E-state index in [0.717, 1.165) is 16.7 Å². The minimum Gasteiger partial charge on any atom is -0.508 e. The van der Waals surface area contributed by atoms with Gasteiger partial charge < -0.3 is 14.9 Å². The molecule has 0 spiro atoms. The first-order valence-electron chi connectivity index (χ1n) is 6.76. The molecule has 0 aromatic heterocycles. The van der Waals surface area contributed by atoms with Gasteiger partial charge in [-0.25, -0.2) is 4.79 Å². The molecule has 0 saturated heterocycles. The van der Waals surface area contributed by atoms with Crippen LogP contribution in [0.2, 0.25) is 0 Å². The van der Waals surface area contributed by atoms with Gasteiger partial charge in [0, 0.05) is 0 Å². The number of phenolic OH excluding ortho intramolecular Hbond substituents is 1. The van der Waals surface area contributed by atoms with Crippen LogP contribution in [0.25, 0.3) is 0 Å². The Labute approximate surface area is 123 Å². The van der Waals surface area contributed by atoms with E-state index < -0.39 is 6.16 Å². The summed E-state index contributed by atoms with van der Waals surface area (Å²) < 4.78 is 4.85. The molecule has 110 valence electrons. The van der Waals surface area contributed by atoms with Crippen LogP contribution in [0.5, 0.6) is 11.5 Å². The Bertz CT molecular complexity index is 649. The van der Waals surface area contributed by atoms with E-state index in [0.29, 0.717) is 12.2 Å². The molecule has 4 nitrogen and oxygen atoms in total. The molecule has 2 aromatic carbocycles. The van der Waals surface area contributed by atoms with Crippen molar-refractivity contribution in [3.63, 3.8) is 0 Å². The number of hydrogen-bond acceptors (Lipinski definition) is 3. The molecule has 0 bridgehead atoms. The van der Waals surface area contributed by atoms with Crippen LogP contribution in [0.15, 0.2) is 42.5 Å². The van der Waals surface area contributed by atoms with E-state index in [-0.39, 0.29) is 11.7 Å². The lowest BCUT2D eigenvalue weighted by atomic mass is 9.90. The standard InChI is InChI=1S/C17H18O4/c1-11-6-5-9-16(21-17(19)20)14(11)10-12(2)13-7-3-4-8-15(13)18/h3-9,12,18H,10H2,1-2H3,(H,19,20). The molecule has 2 rings (SSSR count). The molecular formula is C17H18O4. The highest BCUT2D eigenvalue weighted by atomic mass is 16.7. The number of aryl methyl sites for hydroxylation is 1. The van der Waals surface area contributed by atoms with E-state index in [1.165, 1.54) is 0 Å². The number of phenols is 1. The van der Waals surface area contributed by atoms with E-state index in [1.807, 2.05) is 32.0 Å². The first-order valence-corrected chi connectivity index (χ1v) is 6.76. The van der Waals surface area contributed by atoms with Gasteiger partial charge in [-0.05, 0) is 48.1 Å².